The van der Waals surface area contributed by atoms with Gasteiger partial charge in [-0.2, -0.15) is 11.8 Å². The van der Waals surface area contributed by atoms with Crippen molar-refractivity contribution in [2.45, 2.75) is 45.4 Å². The van der Waals surface area contributed by atoms with Crippen molar-refractivity contribution in [2.75, 3.05) is 12.0 Å². The second-order valence-corrected chi connectivity index (χ2v) is 6.32. The molecule has 1 fully saturated rings. The monoisotopic (exact) mass is 292 g/mol. The van der Waals surface area contributed by atoms with Gasteiger partial charge in [0.25, 0.3) is 0 Å². The van der Waals surface area contributed by atoms with Gasteiger partial charge in [0.1, 0.15) is 6.17 Å². The highest BCUT2D eigenvalue weighted by Crippen LogP contribution is 2.31. The van der Waals surface area contributed by atoms with Crippen LogP contribution in [0.25, 0.3) is 0 Å². The van der Waals surface area contributed by atoms with Crippen LogP contribution in [0.2, 0.25) is 0 Å². The van der Waals surface area contributed by atoms with E-state index in [-0.39, 0.29) is 18.1 Å². The summed E-state index contributed by atoms with van der Waals surface area (Å²) in [7, 11) is 0. The summed E-state index contributed by atoms with van der Waals surface area (Å²) in [5.41, 5.74) is 2.45. The van der Waals surface area contributed by atoms with E-state index in [2.05, 4.69) is 42.5 Å². The van der Waals surface area contributed by atoms with Gasteiger partial charge in [-0.3, -0.25) is 10.1 Å². The molecule has 0 spiro atoms. The molecule has 1 amide bonds. The number of thioether (sulfide) groups is 1. The third-order valence-corrected chi connectivity index (χ3v) is 4.74. The minimum absolute atomic E-state index is 0.01000. The molecule has 1 aliphatic heterocycles. The van der Waals surface area contributed by atoms with E-state index in [1.807, 2.05) is 19.1 Å². The van der Waals surface area contributed by atoms with E-state index in [4.69, 9.17) is 0 Å². The van der Waals surface area contributed by atoms with E-state index < -0.39 is 0 Å². The van der Waals surface area contributed by atoms with Gasteiger partial charge in [-0.25, -0.2) is 0 Å². The number of hydrogen-bond donors (Lipinski definition) is 1. The number of carbonyl (C=O) groups is 1. The van der Waals surface area contributed by atoms with Crippen molar-refractivity contribution in [2.24, 2.45) is 0 Å². The Morgan fingerprint density at radius 3 is 2.70 bits per heavy atom. The van der Waals surface area contributed by atoms with Crippen LogP contribution >= 0.6 is 11.8 Å². The lowest BCUT2D eigenvalue weighted by Gasteiger charge is -2.32. The van der Waals surface area contributed by atoms with Crippen molar-refractivity contribution < 1.29 is 4.79 Å². The first-order chi connectivity index (χ1) is 9.60. The molecular formula is C16H24N2OS. The van der Waals surface area contributed by atoms with Crippen LogP contribution in [0.15, 0.2) is 24.3 Å². The number of rotatable bonds is 5. The first-order valence-corrected chi connectivity index (χ1v) is 8.62. The Morgan fingerprint density at radius 2 is 2.10 bits per heavy atom. The molecule has 1 aromatic carbocycles. The molecular weight excluding hydrogens is 268 g/mol. The molecule has 1 aliphatic rings. The molecule has 1 saturated heterocycles. The summed E-state index contributed by atoms with van der Waals surface area (Å²) in [5, 5.41) is 3.45. The Hall–Kier alpha value is -1.00. The third kappa shape index (κ3) is 2.86. The van der Waals surface area contributed by atoms with E-state index in [1.54, 1.807) is 11.8 Å². The lowest BCUT2D eigenvalue weighted by atomic mass is 10.0. The normalized spacial score (nSPS) is 24.2. The van der Waals surface area contributed by atoms with Gasteiger partial charge < -0.3 is 4.90 Å². The average Bonchev–Trinajstić information content (AvgIpc) is 2.73. The Kier molecular flexibility index (Phi) is 5.11. The van der Waals surface area contributed by atoms with Crippen molar-refractivity contribution in [1.82, 2.24) is 10.2 Å². The van der Waals surface area contributed by atoms with Gasteiger partial charge in [-0.15, -0.1) is 0 Å². The molecule has 1 N–H and O–H groups in total. The second-order valence-electron chi connectivity index (χ2n) is 5.41. The minimum atomic E-state index is -0.101. The topological polar surface area (TPSA) is 32.3 Å². The van der Waals surface area contributed by atoms with Gasteiger partial charge >= 0.3 is 0 Å². The second kappa shape index (κ2) is 6.64. The highest BCUT2D eigenvalue weighted by molar-refractivity contribution is 7.98. The van der Waals surface area contributed by atoms with Gasteiger partial charge in [-0.05, 0) is 37.7 Å². The predicted molar refractivity (Wildman–Crippen MR) is 85.8 cm³/mol. The smallest absolute Gasteiger partial charge is 0.241 e. The first kappa shape index (κ1) is 15.4. The number of nitrogens with zero attached hydrogens (tertiary/aromatic N) is 1. The van der Waals surface area contributed by atoms with Crippen molar-refractivity contribution in [3.05, 3.63) is 35.4 Å². The molecule has 0 radical (unpaired) electrons. The van der Waals surface area contributed by atoms with Crippen LogP contribution in [0.1, 0.15) is 37.6 Å². The van der Waals surface area contributed by atoms with Crippen LogP contribution in [0.4, 0.5) is 0 Å². The molecule has 0 bridgehead atoms. The lowest BCUT2D eigenvalue weighted by Crippen LogP contribution is -2.41. The van der Waals surface area contributed by atoms with E-state index in [0.29, 0.717) is 6.04 Å². The fourth-order valence-electron chi connectivity index (χ4n) is 2.85. The molecule has 3 unspecified atom stereocenters. The number of benzene rings is 1. The van der Waals surface area contributed by atoms with Gasteiger partial charge in [0, 0.05) is 11.8 Å². The van der Waals surface area contributed by atoms with Crippen molar-refractivity contribution in [3.63, 3.8) is 0 Å². The summed E-state index contributed by atoms with van der Waals surface area (Å²) in [6.07, 6.45) is 3.10. The van der Waals surface area contributed by atoms with Gasteiger partial charge in [0.2, 0.25) is 5.91 Å². The first-order valence-electron chi connectivity index (χ1n) is 7.22. The van der Waals surface area contributed by atoms with E-state index in [1.165, 1.54) is 11.1 Å². The Balaban J connectivity index is 2.35. The molecule has 0 aromatic heterocycles. The molecule has 3 atom stereocenters. The number of amides is 1. The van der Waals surface area contributed by atoms with Crippen molar-refractivity contribution >= 4 is 17.7 Å². The standard InChI is InChI=1S/C16H24N2OS/c1-5-13(10-20-4)18-15(17-12(3)16(18)19)14-9-7-6-8-11(14)2/h6-9,12-13,15,17H,5,10H2,1-4H3. The number of aryl methyl sites for hydroxylation is 1. The molecule has 110 valence electrons. The maximum Gasteiger partial charge on any atom is 0.241 e. The highest BCUT2D eigenvalue weighted by atomic mass is 32.2. The van der Waals surface area contributed by atoms with E-state index in [9.17, 15) is 4.79 Å². The molecule has 20 heavy (non-hydrogen) atoms. The maximum atomic E-state index is 12.5. The zero-order valence-electron chi connectivity index (χ0n) is 12.7. The minimum Gasteiger partial charge on any atom is -0.318 e. The van der Waals surface area contributed by atoms with Crippen LogP contribution in [0.3, 0.4) is 0 Å². The molecule has 0 saturated carbocycles. The van der Waals surface area contributed by atoms with Crippen molar-refractivity contribution in [3.8, 4) is 0 Å². The fourth-order valence-corrected chi connectivity index (χ4v) is 3.63. The Labute approximate surface area is 126 Å². The SMILES string of the molecule is CCC(CSC)N1C(=O)C(C)NC1c1ccccc1C. The average molecular weight is 292 g/mol. The van der Waals surface area contributed by atoms with Crippen LogP contribution < -0.4 is 5.32 Å². The van der Waals surface area contributed by atoms with Gasteiger partial charge in [0.15, 0.2) is 0 Å². The van der Waals surface area contributed by atoms with Crippen LogP contribution in [0.5, 0.6) is 0 Å². The zero-order chi connectivity index (χ0) is 14.7. The molecule has 4 heteroatoms. The number of hydrogen-bond acceptors (Lipinski definition) is 3. The molecule has 1 heterocycles. The van der Waals surface area contributed by atoms with Crippen LogP contribution in [0, 0.1) is 6.92 Å². The molecule has 0 aliphatic carbocycles. The highest BCUT2D eigenvalue weighted by Gasteiger charge is 2.40. The fraction of sp³-hybridized carbons (Fsp3) is 0.562. The van der Waals surface area contributed by atoms with E-state index in [0.717, 1.165) is 12.2 Å². The Morgan fingerprint density at radius 1 is 1.40 bits per heavy atom. The largest absolute Gasteiger partial charge is 0.318 e. The number of carbonyl (C=O) groups excluding carboxylic acids is 1. The summed E-state index contributed by atoms with van der Waals surface area (Å²) in [5.74, 6) is 1.21. The maximum absolute atomic E-state index is 12.5. The molecule has 3 nitrogen and oxygen atoms in total. The molecule has 1 aromatic rings. The summed E-state index contributed by atoms with van der Waals surface area (Å²) in [4.78, 5) is 14.6. The Bertz CT molecular complexity index is 477. The third-order valence-electron chi connectivity index (χ3n) is 4.02. The van der Waals surface area contributed by atoms with Gasteiger partial charge in [0.05, 0.1) is 6.04 Å². The lowest BCUT2D eigenvalue weighted by molar-refractivity contribution is -0.131. The van der Waals surface area contributed by atoms with E-state index >= 15 is 0 Å². The summed E-state index contributed by atoms with van der Waals surface area (Å²) in [6.45, 7) is 6.23. The van der Waals surface area contributed by atoms with Gasteiger partial charge in [-0.1, -0.05) is 31.2 Å². The zero-order valence-corrected chi connectivity index (χ0v) is 13.5. The van der Waals surface area contributed by atoms with Crippen LogP contribution in [-0.2, 0) is 4.79 Å². The van der Waals surface area contributed by atoms with Crippen LogP contribution in [-0.4, -0.2) is 34.9 Å². The molecule has 2 rings (SSSR count). The number of nitrogens with one attached hydrogen (secondary N) is 1. The predicted octanol–water partition coefficient (Wildman–Crippen LogP) is 2.96. The summed E-state index contributed by atoms with van der Waals surface area (Å²) >= 11 is 1.80. The van der Waals surface area contributed by atoms with Crippen molar-refractivity contribution in [1.29, 1.82) is 0 Å². The quantitative estimate of drug-likeness (QED) is 0.905. The summed E-state index contributed by atoms with van der Waals surface area (Å²) in [6, 6.07) is 8.51. The summed E-state index contributed by atoms with van der Waals surface area (Å²) < 4.78 is 0.